The molecule has 0 bridgehead atoms. The zero-order valence-electron chi connectivity index (χ0n) is 18.0. The number of fused-ring (bicyclic) bond motifs is 3. The van der Waals surface area contributed by atoms with Crippen LogP contribution in [-0.4, -0.2) is 25.0 Å². The Morgan fingerprint density at radius 1 is 1.06 bits per heavy atom. The molecule has 5 rings (SSSR count). The molecular weight excluding hydrogens is 416 g/mol. The number of aliphatic hydroxyl groups is 2. The van der Waals surface area contributed by atoms with Crippen molar-refractivity contribution < 1.29 is 23.0 Å². The predicted molar refractivity (Wildman–Crippen MR) is 116 cm³/mol. The van der Waals surface area contributed by atoms with E-state index in [1.54, 1.807) is 0 Å². The van der Waals surface area contributed by atoms with Crippen LogP contribution in [0, 0.1) is 5.41 Å². The molecule has 0 saturated carbocycles. The molecule has 2 unspecified atom stereocenters. The molecule has 1 aromatic carbocycles. The van der Waals surface area contributed by atoms with Gasteiger partial charge >= 0.3 is 0 Å². The highest BCUT2D eigenvalue weighted by atomic mass is 32.2. The molecule has 0 fully saturated rings. The highest BCUT2D eigenvalue weighted by Crippen LogP contribution is 2.45. The van der Waals surface area contributed by atoms with Crippen LogP contribution in [-0.2, 0) is 42.1 Å². The summed E-state index contributed by atoms with van der Waals surface area (Å²) in [6.07, 6.45) is 5.06. The van der Waals surface area contributed by atoms with Crippen LogP contribution in [0.25, 0.3) is 0 Å². The summed E-state index contributed by atoms with van der Waals surface area (Å²) in [4.78, 5) is 0. The minimum Gasteiger partial charge on any atom is -0.448 e. The minimum absolute atomic E-state index is 0.279. The van der Waals surface area contributed by atoms with Crippen molar-refractivity contribution in [2.45, 2.75) is 82.8 Å². The Hall–Kier alpha value is -1.87. The second kappa shape index (κ2) is 7.33. The van der Waals surface area contributed by atoms with Gasteiger partial charge in [0, 0.05) is 23.7 Å². The molecule has 0 aliphatic heterocycles. The summed E-state index contributed by atoms with van der Waals surface area (Å²) >= 11 is 0. The number of furan rings is 1. The van der Waals surface area contributed by atoms with Crippen molar-refractivity contribution in [3.63, 3.8) is 0 Å². The maximum atomic E-state index is 12.9. The van der Waals surface area contributed by atoms with E-state index in [1.165, 1.54) is 28.3 Å². The number of sulfonamides is 1. The van der Waals surface area contributed by atoms with E-state index in [-0.39, 0.29) is 10.5 Å². The number of anilines is 1. The van der Waals surface area contributed by atoms with E-state index in [2.05, 4.69) is 16.1 Å². The van der Waals surface area contributed by atoms with Crippen molar-refractivity contribution in [2.24, 2.45) is 5.41 Å². The fourth-order valence-corrected chi connectivity index (χ4v) is 6.29. The number of hydrogen-bond acceptors (Lipinski definition) is 6. The summed E-state index contributed by atoms with van der Waals surface area (Å²) in [5, 5.41) is 23.9. The van der Waals surface area contributed by atoms with E-state index in [0.29, 0.717) is 24.2 Å². The van der Waals surface area contributed by atoms with E-state index in [0.717, 1.165) is 44.2 Å². The first-order chi connectivity index (χ1) is 14.7. The summed E-state index contributed by atoms with van der Waals surface area (Å²) in [5.41, 5.74) is 6.03. The molecule has 2 atom stereocenters. The Labute approximate surface area is 182 Å². The summed E-state index contributed by atoms with van der Waals surface area (Å²) in [7, 11) is -4.10. The predicted octanol–water partition coefficient (Wildman–Crippen LogP) is 2.93. The van der Waals surface area contributed by atoms with Crippen LogP contribution in [0.5, 0.6) is 0 Å². The van der Waals surface area contributed by atoms with Crippen molar-refractivity contribution in [2.75, 3.05) is 5.32 Å². The molecule has 1 aromatic heterocycles. The highest BCUT2D eigenvalue weighted by molar-refractivity contribution is 7.89. The molecule has 0 saturated heterocycles. The van der Waals surface area contributed by atoms with Crippen LogP contribution < -0.4 is 10.0 Å². The van der Waals surface area contributed by atoms with E-state index < -0.39 is 22.5 Å². The maximum Gasteiger partial charge on any atom is 0.277 e. The minimum atomic E-state index is -4.10. The van der Waals surface area contributed by atoms with Gasteiger partial charge in [-0.15, -0.1) is 0 Å². The Bertz CT molecular complexity index is 1100. The number of benzene rings is 1. The lowest BCUT2D eigenvalue weighted by Crippen LogP contribution is -2.40. The van der Waals surface area contributed by atoms with Crippen molar-refractivity contribution in [1.29, 1.82) is 0 Å². The molecule has 2 aromatic rings. The molecule has 3 aliphatic rings. The van der Waals surface area contributed by atoms with Gasteiger partial charge in [0.15, 0.2) is 6.35 Å². The SMILES string of the molecule is CC1(C)CCc2oc(S(=O)(=O)NC(O)Nc3c4c(cc5c3CCC5)CCC4)cc2C1O. The standard InChI is InChI=1S/C23H30N2O5S/c1-23(2)10-9-18-17(21(23)26)12-19(30-18)31(28,29)25-22(27)24-20-15-7-3-5-13(15)11-14-6-4-8-16(14)20/h11-12,21-22,24-27H,3-10H2,1-2H3. The van der Waals surface area contributed by atoms with Gasteiger partial charge in [-0.2, -0.15) is 4.72 Å². The van der Waals surface area contributed by atoms with Gasteiger partial charge in [-0.3, -0.25) is 0 Å². The van der Waals surface area contributed by atoms with Gasteiger partial charge in [0.2, 0.25) is 5.09 Å². The third kappa shape index (κ3) is 3.59. The molecular formula is C23H30N2O5S. The molecule has 4 N–H and O–H groups in total. The lowest BCUT2D eigenvalue weighted by Gasteiger charge is -2.34. The first-order valence-corrected chi connectivity index (χ1v) is 12.6. The third-order valence-electron chi connectivity index (χ3n) is 7.14. The number of aryl methyl sites for hydroxylation is 3. The molecule has 8 heteroatoms. The van der Waals surface area contributed by atoms with Gasteiger partial charge in [0.25, 0.3) is 10.0 Å². The van der Waals surface area contributed by atoms with E-state index >= 15 is 0 Å². The average molecular weight is 447 g/mol. The molecule has 7 nitrogen and oxygen atoms in total. The van der Waals surface area contributed by atoms with Gasteiger partial charge in [0.05, 0.1) is 6.10 Å². The second-order valence-electron chi connectivity index (χ2n) is 9.74. The summed E-state index contributed by atoms with van der Waals surface area (Å²) in [6.45, 7) is 3.90. The third-order valence-corrected chi connectivity index (χ3v) is 8.40. The van der Waals surface area contributed by atoms with Gasteiger partial charge in [-0.25, -0.2) is 8.42 Å². The summed E-state index contributed by atoms with van der Waals surface area (Å²) in [5.74, 6) is 0.494. The quantitative estimate of drug-likeness (QED) is 0.526. The fourth-order valence-electron chi connectivity index (χ4n) is 5.33. The first-order valence-electron chi connectivity index (χ1n) is 11.1. The largest absolute Gasteiger partial charge is 0.448 e. The molecule has 0 amide bonds. The van der Waals surface area contributed by atoms with Crippen molar-refractivity contribution in [3.05, 3.63) is 45.7 Å². The van der Waals surface area contributed by atoms with Crippen LogP contribution in [0.1, 0.15) is 72.8 Å². The second-order valence-corrected chi connectivity index (χ2v) is 11.4. The lowest BCUT2D eigenvalue weighted by atomic mass is 9.74. The van der Waals surface area contributed by atoms with E-state index in [9.17, 15) is 18.6 Å². The van der Waals surface area contributed by atoms with Gasteiger partial charge in [0.1, 0.15) is 5.76 Å². The van der Waals surface area contributed by atoms with Crippen molar-refractivity contribution in [3.8, 4) is 0 Å². The molecule has 3 aliphatic carbocycles. The van der Waals surface area contributed by atoms with Crippen LogP contribution in [0.4, 0.5) is 5.69 Å². The smallest absolute Gasteiger partial charge is 0.277 e. The summed E-state index contributed by atoms with van der Waals surface area (Å²) in [6, 6.07) is 3.67. The number of rotatable bonds is 5. The summed E-state index contributed by atoms with van der Waals surface area (Å²) < 4.78 is 33.7. The van der Waals surface area contributed by atoms with Crippen molar-refractivity contribution >= 4 is 15.7 Å². The highest BCUT2D eigenvalue weighted by Gasteiger charge is 2.38. The van der Waals surface area contributed by atoms with Crippen LogP contribution in [0.3, 0.4) is 0 Å². The Morgan fingerprint density at radius 3 is 2.35 bits per heavy atom. The Morgan fingerprint density at radius 2 is 1.71 bits per heavy atom. The normalized spacial score (nSPS) is 22.6. The van der Waals surface area contributed by atoms with E-state index in [4.69, 9.17) is 4.42 Å². The average Bonchev–Trinajstić information content (AvgIpc) is 3.43. The number of aliphatic hydroxyl groups excluding tert-OH is 2. The molecule has 31 heavy (non-hydrogen) atoms. The van der Waals surface area contributed by atoms with Crippen LogP contribution >= 0.6 is 0 Å². The molecule has 168 valence electrons. The van der Waals surface area contributed by atoms with E-state index in [1.807, 2.05) is 13.8 Å². The molecule has 1 heterocycles. The van der Waals surface area contributed by atoms with Crippen molar-refractivity contribution in [1.82, 2.24) is 4.72 Å². The molecule has 0 radical (unpaired) electrons. The topological polar surface area (TPSA) is 112 Å². The zero-order chi connectivity index (χ0) is 22.0. The zero-order valence-corrected chi connectivity index (χ0v) is 18.8. The lowest BCUT2D eigenvalue weighted by molar-refractivity contribution is 0.0306. The Balaban J connectivity index is 1.38. The van der Waals surface area contributed by atoms with Gasteiger partial charge in [-0.1, -0.05) is 19.9 Å². The van der Waals surface area contributed by atoms with Gasteiger partial charge in [-0.05, 0) is 72.6 Å². The Kier molecular flexibility index (Phi) is 4.97. The first kappa shape index (κ1) is 21.0. The maximum absolute atomic E-state index is 12.9. The van der Waals surface area contributed by atoms with Gasteiger partial charge < -0.3 is 19.9 Å². The molecule has 0 spiro atoms. The van der Waals surface area contributed by atoms with Crippen LogP contribution in [0.2, 0.25) is 0 Å². The number of nitrogens with one attached hydrogen (secondary N) is 2. The fraction of sp³-hybridized carbons (Fsp3) is 0.565. The number of hydrogen-bond donors (Lipinski definition) is 4. The van der Waals surface area contributed by atoms with Crippen LogP contribution in [0.15, 0.2) is 21.6 Å². The monoisotopic (exact) mass is 446 g/mol.